The van der Waals surface area contributed by atoms with Gasteiger partial charge < -0.3 is 4.74 Å². The molecule has 1 aliphatic heterocycles. The van der Waals surface area contributed by atoms with Crippen molar-refractivity contribution >= 4 is 23.6 Å². The molecule has 0 aromatic carbocycles. The Morgan fingerprint density at radius 1 is 1.24 bits per heavy atom. The van der Waals surface area contributed by atoms with Gasteiger partial charge in [0, 0.05) is 45.4 Å². The molecule has 0 aliphatic carbocycles. The molecular formula is C12H18N4O4S. The van der Waals surface area contributed by atoms with Gasteiger partial charge in [0.2, 0.25) is 11.8 Å². The number of ether oxygens (including phenoxy) is 1. The zero-order chi connectivity index (χ0) is 15.2. The highest BCUT2D eigenvalue weighted by Crippen LogP contribution is 2.17. The molecule has 1 aromatic rings. The average molecular weight is 314 g/mol. The summed E-state index contributed by atoms with van der Waals surface area (Å²) < 4.78 is 6.50. The Morgan fingerprint density at radius 3 is 2.62 bits per heavy atom. The lowest BCUT2D eigenvalue weighted by Crippen LogP contribution is -2.31. The van der Waals surface area contributed by atoms with Crippen molar-refractivity contribution < 1.29 is 14.3 Å². The molecular weight excluding hydrogens is 296 g/mol. The van der Waals surface area contributed by atoms with Crippen LogP contribution in [0, 0.1) is 0 Å². The molecule has 1 aliphatic rings. The van der Waals surface area contributed by atoms with E-state index in [9.17, 15) is 14.4 Å². The van der Waals surface area contributed by atoms with Gasteiger partial charge in [0.05, 0.1) is 0 Å². The predicted octanol–water partition coefficient (Wildman–Crippen LogP) is -0.151. The van der Waals surface area contributed by atoms with E-state index in [1.54, 1.807) is 7.11 Å². The molecule has 8 nitrogen and oxygen atoms in total. The molecule has 1 N–H and O–H groups in total. The van der Waals surface area contributed by atoms with E-state index in [1.807, 2.05) is 0 Å². The fraction of sp³-hybridized carbons (Fsp3) is 0.667. The fourth-order valence-electron chi connectivity index (χ4n) is 2.08. The monoisotopic (exact) mass is 314 g/mol. The zero-order valence-corrected chi connectivity index (χ0v) is 12.6. The van der Waals surface area contributed by atoms with Crippen LogP contribution in [0.1, 0.15) is 19.3 Å². The van der Waals surface area contributed by atoms with E-state index in [0.29, 0.717) is 49.9 Å². The molecule has 0 spiro atoms. The van der Waals surface area contributed by atoms with Crippen molar-refractivity contribution in [2.24, 2.45) is 0 Å². The van der Waals surface area contributed by atoms with Gasteiger partial charge in [-0.3, -0.25) is 19.1 Å². The lowest BCUT2D eigenvalue weighted by Gasteiger charge is -2.12. The highest BCUT2D eigenvalue weighted by atomic mass is 32.2. The van der Waals surface area contributed by atoms with E-state index >= 15 is 0 Å². The third-order valence-corrected chi connectivity index (χ3v) is 4.11. The van der Waals surface area contributed by atoms with Crippen LogP contribution in [-0.4, -0.2) is 57.5 Å². The Hall–Kier alpha value is -1.61. The maximum absolute atomic E-state index is 11.6. The molecule has 1 saturated heterocycles. The van der Waals surface area contributed by atoms with Crippen LogP contribution < -0.4 is 5.69 Å². The summed E-state index contributed by atoms with van der Waals surface area (Å²) in [5.74, 6) is 0.270. The molecule has 1 aromatic heterocycles. The van der Waals surface area contributed by atoms with E-state index in [1.165, 1.54) is 21.2 Å². The van der Waals surface area contributed by atoms with Gasteiger partial charge in [-0.15, -0.1) is 5.10 Å². The second-order valence-corrected chi connectivity index (χ2v) is 5.66. The Balaban J connectivity index is 1.87. The van der Waals surface area contributed by atoms with Crippen molar-refractivity contribution in [2.75, 3.05) is 26.0 Å². The Morgan fingerprint density at radius 2 is 1.95 bits per heavy atom. The van der Waals surface area contributed by atoms with Crippen LogP contribution in [0.2, 0.25) is 0 Å². The standard InChI is InChI=1S/C12H18N4O4S/c1-20-7-2-5-16-11(19)13-14-12(16)21-8-6-15-9(17)3-4-10(15)18/h2-8H2,1H3,(H,13,19). The quantitative estimate of drug-likeness (QED) is 0.407. The van der Waals surface area contributed by atoms with E-state index < -0.39 is 0 Å². The van der Waals surface area contributed by atoms with Gasteiger partial charge >= 0.3 is 5.69 Å². The summed E-state index contributed by atoms with van der Waals surface area (Å²) in [6.07, 6.45) is 1.31. The normalized spacial score (nSPS) is 15.2. The molecule has 0 bridgehead atoms. The molecule has 0 unspecified atom stereocenters. The van der Waals surface area contributed by atoms with E-state index in [4.69, 9.17) is 4.74 Å². The number of aromatic nitrogens is 3. The van der Waals surface area contributed by atoms with Gasteiger partial charge in [0.15, 0.2) is 5.16 Å². The Bertz CT molecular complexity index is 552. The average Bonchev–Trinajstić information content (AvgIpc) is 2.97. The molecule has 2 rings (SSSR count). The second kappa shape index (κ2) is 7.41. The topological polar surface area (TPSA) is 97.3 Å². The van der Waals surface area contributed by atoms with Crippen LogP contribution in [0.15, 0.2) is 9.95 Å². The van der Waals surface area contributed by atoms with Gasteiger partial charge in [0.25, 0.3) is 0 Å². The molecule has 9 heteroatoms. The summed E-state index contributed by atoms with van der Waals surface area (Å²) in [5, 5.41) is 6.93. The minimum Gasteiger partial charge on any atom is -0.385 e. The summed E-state index contributed by atoms with van der Waals surface area (Å²) in [6.45, 7) is 1.44. The largest absolute Gasteiger partial charge is 0.385 e. The third-order valence-electron chi connectivity index (χ3n) is 3.15. The van der Waals surface area contributed by atoms with Crippen molar-refractivity contribution in [3.8, 4) is 0 Å². The van der Waals surface area contributed by atoms with E-state index in [-0.39, 0.29) is 17.5 Å². The van der Waals surface area contributed by atoms with Crippen LogP contribution in [0.5, 0.6) is 0 Å². The first kappa shape index (κ1) is 15.8. The summed E-state index contributed by atoms with van der Waals surface area (Å²) in [5.41, 5.74) is -0.262. The number of carbonyl (C=O) groups is 2. The number of hydrogen-bond acceptors (Lipinski definition) is 6. The number of nitrogens with zero attached hydrogens (tertiary/aromatic N) is 3. The second-order valence-electron chi connectivity index (χ2n) is 4.60. The molecule has 0 saturated carbocycles. The van der Waals surface area contributed by atoms with Gasteiger partial charge in [-0.1, -0.05) is 11.8 Å². The van der Waals surface area contributed by atoms with Crippen molar-refractivity contribution in [1.82, 2.24) is 19.7 Å². The predicted molar refractivity (Wildman–Crippen MR) is 76.0 cm³/mol. The lowest BCUT2D eigenvalue weighted by molar-refractivity contribution is -0.137. The number of rotatable bonds is 8. The number of H-pyrrole nitrogens is 1. The highest BCUT2D eigenvalue weighted by molar-refractivity contribution is 7.99. The molecule has 116 valence electrons. The van der Waals surface area contributed by atoms with Gasteiger partial charge in [-0.05, 0) is 6.42 Å². The smallest absolute Gasteiger partial charge is 0.343 e. The molecule has 21 heavy (non-hydrogen) atoms. The SMILES string of the molecule is COCCCn1c(SCCN2C(=O)CCC2=O)n[nH]c1=O. The van der Waals surface area contributed by atoms with Crippen molar-refractivity contribution in [2.45, 2.75) is 31.0 Å². The maximum atomic E-state index is 11.6. The van der Waals surface area contributed by atoms with Crippen molar-refractivity contribution in [3.05, 3.63) is 10.5 Å². The Kier molecular flexibility index (Phi) is 5.57. The first-order chi connectivity index (χ1) is 10.1. The highest BCUT2D eigenvalue weighted by Gasteiger charge is 2.28. The summed E-state index contributed by atoms with van der Waals surface area (Å²) in [7, 11) is 1.61. The number of aromatic amines is 1. The van der Waals surface area contributed by atoms with Crippen LogP contribution in [-0.2, 0) is 20.9 Å². The van der Waals surface area contributed by atoms with E-state index in [0.717, 1.165) is 0 Å². The number of methoxy groups -OCH3 is 1. The summed E-state index contributed by atoms with van der Waals surface area (Å²) in [6, 6.07) is 0. The van der Waals surface area contributed by atoms with Crippen LogP contribution >= 0.6 is 11.8 Å². The molecule has 0 radical (unpaired) electrons. The minimum absolute atomic E-state index is 0.125. The number of imide groups is 1. The first-order valence-corrected chi connectivity index (χ1v) is 7.72. The molecule has 1 fully saturated rings. The van der Waals surface area contributed by atoms with Crippen molar-refractivity contribution in [3.63, 3.8) is 0 Å². The maximum Gasteiger partial charge on any atom is 0.343 e. The summed E-state index contributed by atoms with van der Waals surface area (Å²) >= 11 is 1.35. The fourth-order valence-corrected chi connectivity index (χ4v) is 2.97. The molecule has 0 atom stereocenters. The zero-order valence-electron chi connectivity index (χ0n) is 11.8. The first-order valence-electron chi connectivity index (χ1n) is 6.73. The number of nitrogens with one attached hydrogen (secondary N) is 1. The number of hydrogen-bond donors (Lipinski definition) is 1. The van der Waals surface area contributed by atoms with Gasteiger partial charge in [-0.2, -0.15) is 0 Å². The van der Waals surface area contributed by atoms with Crippen LogP contribution in [0.4, 0.5) is 0 Å². The van der Waals surface area contributed by atoms with Crippen LogP contribution in [0.3, 0.4) is 0 Å². The van der Waals surface area contributed by atoms with E-state index in [2.05, 4.69) is 10.2 Å². The number of thioether (sulfide) groups is 1. The number of likely N-dealkylation sites (tertiary alicyclic amines) is 1. The molecule has 2 heterocycles. The third kappa shape index (κ3) is 3.94. The van der Waals surface area contributed by atoms with Gasteiger partial charge in [0.1, 0.15) is 0 Å². The van der Waals surface area contributed by atoms with Crippen molar-refractivity contribution in [1.29, 1.82) is 0 Å². The minimum atomic E-state index is -0.262. The lowest BCUT2D eigenvalue weighted by atomic mass is 10.4. The molecule has 2 amide bonds. The number of amides is 2. The van der Waals surface area contributed by atoms with Gasteiger partial charge in [-0.25, -0.2) is 9.89 Å². The van der Waals surface area contributed by atoms with Crippen LogP contribution in [0.25, 0.3) is 0 Å². The number of carbonyl (C=O) groups excluding carboxylic acids is 2. The summed E-state index contributed by atoms with van der Waals surface area (Å²) in [4.78, 5) is 35.9. The Labute approximate surface area is 125 Å².